The average molecular weight is 386 g/mol. The van der Waals surface area contributed by atoms with E-state index >= 15 is 0 Å². The van der Waals surface area contributed by atoms with Gasteiger partial charge in [-0.15, -0.1) is 0 Å². The van der Waals surface area contributed by atoms with Gasteiger partial charge in [0.15, 0.2) is 0 Å². The average Bonchev–Trinajstić information content (AvgIpc) is 2.91. The Hall–Kier alpha value is -2.09. The van der Waals surface area contributed by atoms with E-state index < -0.39 is 18.0 Å². The SMILES string of the molecule is O=C(O)CCNC(Cc1cncn1Cc1cc(Cl)cc(Cl)c1)C(=O)O. The molecule has 2 aromatic rings. The molecule has 1 atom stereocenters. The van der Waals surface area contributed by atoms with Gasteiger partial charge in [0.1, 0.15) is 6.04 Å². The summed E-state index contributed by atoms with van der Waals surface area (Å²) in [5, 5.41) is 21.7. The number of rotatable bonds is 9. The summed E-state index contributed by atoms with van der Waals surface area (Å²) >= 11 is 12.0. The van der Waals surface area contributed by atoms with E-state index in [1.165, 1.54) is 0 Å². The third-order valence-corrected chi connectivity index (χ3v) is 3.95. The summed E-state index contributed by atoms with van der Waals surface area (Å²) in [6.45, 7) is 0.515. The molecule has 0 saturated heterocycles. The van der Waals surface area contributed by atoms with Crippen LogP contribution in [-0.2, 0) is 22.6 Å². The van der Waals surface area contributed by atoms with Crippen LogP contribution in [0.25, 0.3) is 0 Å². The molecule has 3 N–H and O–H groups in total. The van der Waals surface area contributed by atoms with E-state index in [4.69, 9.17) is 28.3 Å². The molecule has 0 radical (unpaired) electrons. The first-order valence-electron chi connectivity index (χ1n) is 7.47. The molecule has 0 saturated carbocycles. The predicted molar refractivity (Wildman–Crippen MR) is 93.2 cm³/mol. The number of carboxylic acids is 2. The third-order valence-electron chi connectivity index (χ3n) is 3.51. The molecule has 2 rings (SSSR count). The second kappa shape index (κ2) is 8.84. The summed E-state index contributed by atoms with van der Waals surface area (Å²) < 4.78 is 1.80. The number of halogens is 2. The fraction of sp³-hybridized carbons (Fsp3) is 0.312. The van der Waals surface area contributed by atoms with Gasteiger partial charge in [-0.2, -0.15) is 0 Å². The van der Waals surface area contributed by atoms with E-state index in [1.54, 1.807) is 35.3 Å². The normalized spacial score (nSPS) is 12.1. The van der Waals surface area contributed by atoms with Gasteiger partial charge in [0.25, 0.3) is 0 Å². The summed E-state index contributed by atoms with van der Waals surface area (Å²) in [6.07, 6.45) is 3.20. The zero-order chi connectivity index (χ0) is 18.4. The molecular formula is C16H17Cl2N3O4. The molecule has 7 nitrogen and oxygen atoms in total. The van der Waals surface area contributed by atoms with Crippen LogP contribution >= 0.6 is 23.2 Å². The number of hydrogen-bond donors (Lipinski definition) is 3. The van der Waals surface area contributed by atoms with Crippen LogP contribution in [0.5, 0.6) is 0 Å². The summed E-state index contributed by atoms with van der Waals surface area (Å²) in [6, 6.07) is 4.28. The number of aliphatic carboxylic acids is 2. The van der Waals surface area contributed by atoms with Crippen LogP contribution in [0.15, 0.2) is 30.7 Å². The monoisotopic (exact) mass is 385 g/mol. The van der Waals surface area contributed by atoms with E-state index in [0.717, 1.165) is 5.56 Å². The minimum atomic E-state index is -1.05. The first-order valence-corrected chi connectivity index (χ1v) is 8.22. The smallest absolute Gasteiger partial charge is 0.321 e. The Kier molecular flexibility index (Phi) is 6.81. The highest BCUT2D eigenvalue weighted by molar-refractivity contribution is 6.34. The number of hydrogen-bond acceptors (Lipinski definition) is 4. The molecule has 0 aliphatic heterocycles. The molecule has 1 aromatic heterocycles. The molecule has 0 fully saturated rings. The number of carbonyl (C=O) groups is 2. The fourth-order valence-electron chi connectivity index (χ4n) is 2.37. The van der Waals surface area contributed by atoms with Gasteiger partial charge in [-0.05, 0) is 23.8 Å². The predicted octanol–water partition coefficient (Wildman–Crippen LogP) is 2.30. The molecule has 0 amide bonds. The van der Waals surface area contributed by atoms with Gasteiger partial charge in [0, 0.05) is 41.4 Å². The number of carboxylic acid groups (broad SMARTS) is 2. The number of benzene rings is 1. The van der Waals surface area contributed by atoms with E-state index in [2.05, 4.69) is 10.3 Å². The molecule has 134 valence electrons. The quantitative estimate of drug-likeness (QED) is 0.611. The summed E-state index contributed by atoms with van der Waals surface area (Å²) in [5.41, 5.74) is 1.56. The Labute approximate surface area is 154 Å². The highest BCUT2D eigenvalue weighted by Crippen LogP contribution is 2.20. The van der Waals surface area contributed by atoms with Crippen molar-refractivity contribution in [3.63, 3.8) is 0 Å². The number of nitrogens with zero attached hydrogens (tertiary/aromatic N) is 2. The van der Waals surface area contributed by atoms with Gasteiger partial charge < -0.3 is 20.1 Å². The van der Waals surface area contributed by atoms with Crippen LogP contribution in [0.3, 0.4) is 0 Å². The van der Waals surface area contributed by atoms with Gasteiger partial charge >= 0.3 is 11.9 Å². The van der Waals surface area contributed by atoms with Crippen molar-refractivity contribution in [3.05, 3.63) is 52.0 Å². The molecule has 1 heterocycles. The molecule has 0 bridgehead atoms. The Balaban J connectivity index is 2.08. The highest BCUT2D eigenvalue weighted by atomic mass is 35.5. The molecule has 0 spiro atoms. The van der Waals surface area contributed by atoms with Gasteiger partial charge in [-0.25, -0.2) is 4.98 Å². The molecule has 9 heteroatoms. The van der Waals surface area contributed by atoms with Crippen LogP contribution in [-0.4, -0.2) is 44.3 Å². The highest BCUT2D eigenvalue weighted by Gasteiger charge is 2.19. The summed E-state index contributed by atoms with van der Waals surface area (Å²) in [7, 11) is 0. The van der Waals surface area contributed by atoms with Crippen LogP contribution in [0.2, 0.25) is 10.0 Å². The lowest BCUT2D eigenvalue weighted by Crippen LogP contribution is -2.40. The zero-order valence-corrected chi connectivity index (χ0v) is 14.7. The van der Waals surface area contributed by atoms with Crippen LogP contribution in [0, 0.1) is 0 Å². The Morgan fingerprint density at radius 1 is 1.20 bits per heavy atom. The van der Waals surface area contributed by atoms with Gasteiger partial charge in [0.05, 0.1) is 12.7 Å². The molecule has 1 aromatic carbocycles. The third kappa shape index (κ3) is 6.04. The Morgan fingerprint density at radius 2 is 1.88 bits per heavy atom. The van der Waals surface area contributed by atoms with Crippen molar-refractivity contribution in [3.8, 4) is 0 Å². The van der Waals surface area contributed by atoms with Crippen molar-refractivity contribution >= 4 is 35.1 Å². The van der Waals surface area contributed by atoms with Crippen molar-refractivity contribution in [1.29, 1.82) is 0 Å². The van der Waals surface area contributed by atoms with E-state index in [0.29, 0.717) is 22.3 Å². The maximum atomic E-state index is 11.4. The largest absolute Gasteiger partial charge is 0.481 e. The second-order valence-electron chi connectivity index (χ2n) is 5.48. The van der Waals surface area contributed by atoms with Crippen LogP contribution < -0.4 is 5.32 Å². The second-order valence-corrected chi connectivity index (χ2v) is 6.36. The van der Waals surface area contributed by atoms with Crippen molar-refractivity contribution in [2.45, 2.75) is 25.4 Å². The first-order chi connectivity index (χ1) is 11.8. The summed E-state index contributed by atoms with van der Waals surface area (Å²) in [4.78, 5) is 26.0. The number of imidazole rings is 1. The van der Waals surface area contributed by atoms with Crippen molar-refractivity contribution in [1.82, 2.24) is 14.9 Å². The van der Waals surface area contributed by atoms with Crippen molar-refractivity contribution < 1.29 is 19.8 Å². The minimum absolute atomic E-state index is 0.0737. The molecule has 1 unspecified atom stereocenters. The molecular weight excluding hydrogens is 369 g/mol. The standard InChI is InChI=1S/C16H17Cl2N3O4/c17-11-3-10(4-12(18)5-11)8-21-9-19-7-13(21)6-14(16(24)25)20-2-1-15(22)23/h3-5,7,9,14,20H,1-2,6,8H2,(H,22,23)(H,24,25). The van der Waals surface area contributed by atoms with E-state index in [-0.39, 0.29) is 19.4 Å². The molecule has 0 aliphatic carbocycles. The van der Waals surface area contributed by atoms with Gasteiger partial charge in [-0.1, -0.05) is 23.2 Å². The van der Waals surface area contributed by atoms with Crippen molar-refractivity contribution in [2.75, 3.05) is 6.54 Å². The van der Waals surface area contributed by atoms with Gasteiger partial charge in [0.2, 0.25) is 0 Å². The molecule has 0 aliphatic rings. The van der Waals surface area contributed by atoms with E-state index in [1.807, 2.05) is 0 Å². The van der Waals surface area contributed by atoms with Gasteiger partial charge in [-0.3, -0.25) is 9.59 Å². The van der Waals surface area contributed by atoms with Crippen LogP contribution in [0.4, 0.5) is 0 Å². The minimum Gasteiger partial charge on any atom is -0.481 e. The lowest BCUT2D eigenvalue weighted by Gasteiger charge is -2.15. The summed E-state index contributed by atoms with van der Waals surface area (Å²) in [5.74, 6) is -2.04. The maximum Gasteiger partial charge on any atom is 0.321 e. The molecule has 25 heavy (non-hydrogen) atoms. The van der Waals surface area contributed by atoms with E-state index in [9.17, 15) is 14.7 Å². The maximum absolute atomic E-state index is 11.4. The Morgan fingerprint density at radius 3 is 2.48 bits per heavy atom. The number of aromatic nitrogens is 2. The fourth-order valence-corrected chi connectivity index (χ4v) is 2.94. The lowest BCUT2D eigenvalue weighted by atomic mass is 10.1. The van der Waals surface area contributed by atoms with Crippen LogP contribution in [0.1, 0.15) is 17.7 Å². The number of nitrogens with one attached hydrogen (secondary N) is 1. The lowest BCUT2D eigenvalue weighted by molar-refractivity contribution is -0.140. The zero-order valence-electron chi connectivity index (χ0n) is 13.2. The first kappa shape index (κ1) is 19.2. The Bertz CT molecular complexity index is 743. The topological polar surface area (TPSA) is 104 Å². The van der Waals surface area contributed by atoms with Crippen molar-refractivity contribution in [2.24, 2.45) is 0 Å².